The molecule has 0 saturated carbocycles. The van der Waals surface area contributed by atoms with Crippen LogP contribution in [0.3, 0.4) is 0 Å². The molecule has 0 spiro atoms. The van der Waals surface area contributed by atoms with E-state index in [4.69, 9.17) is 27.3 Å². The highest BCUT2D eigenvalue weighted by atomic mass is 35.5. The van der Waals surface area contributed by atoms with Crippen LogP contribution in [0.1, 0.15) is 90.6 Å². The number of aromatic nitrogens is 2. The van der Waals surface area contributed by atoms with Crippen molar-refractivity contribution in [3.63, 3.8) is 0 Å². The fourth-order valence-electron chi connectivity index (χ4n) is 8.06. The number of nitrogens with zero attached hydrogens (tertiary/aromatic N) is 6. The second-order valence-corrected chi connectivity index (χ2v) is 19.5. The molecule has 3 N–H and O–H groups in total. The van der Waals surface area contributed by atoms with Crippen LogP contribution >= 0.6 is 11.6 Å². The molecule has 8 rings (SSSR count). The van der Waals surface area contributed by atoms with Crippen molar-refractivity contribution in [1.29, 1.82) is 0 Å². The topological polar surface area (TPSA) is 186 Å². The number of rotatable bonds is 13. The standard InChI is InChI=1S/C46H53ClFN9O7S/c1-26(2)64-39-23-37(28(5)20-35(39)51-46-49-24-32(47)42(53-46)50-34-8-6-7-9-40(34)65(62,63)27(3)4)55-14-12-29(13-15-55)25-54-16-18-56(19-17-54)38-22-31-30(21-33(38)48)44(60)57(45(31)61)36-10-11-41(58)52-43(36)59/h6-9,20-24,26-27,29,36H,10-19,25H2,1-5H3,(H,52,58,59)(H2,49,50,51,53)/i16D2,17D2,18D2,19D2. The molecule has 4 aromatic rings. The number of ether oxygens (including phenoxy) is 1. The molecule has 1 unspecified atom stereocenters. The third-order valence-corrected chi connectivity index (χ3v) is 13.9. The number of piperidine rings is 2. The van der Waals surface area contributed by atoms with Gasteiger partial charge in [0.05, 0.1) is 56.1 Å². The fourth-order valence-corrected chi connectivity index (χ4v) is 9.40. The number of carbonyl (C=O) groups is 4. The van der Waals surface area contributed by atoms with E-state index in [0.29, 0.717) is 59.3 Å². The van der Waals surface area contributed by atoms with Crippen molar-refractivity contribution in [2.45, 2.75) is 82.6 Å². The van der Waals surface area contributed by atoms with E-state index in [1.54, 1.807) is 32.0 Å². The summed E-state index contributed by atoms with van der Waals surface area (Å²) in [7, 11) is -3.67. The highest BCUT2D eigenvalue weighted by Crippen LogP contribution is 2.39. The van der Waals surface area contributed by atoms with Gasteiger partial charge < -0.3 is 25.2 Å². The summed E-state index contributed by atoms with van der Waals surface area (Å²) >= 11 is 6.50. The lowest BCUT2D eigenvalue weighted by molar-refractivity contribution is -0.136. The summed E-state index contributed by atoms with van der Waals surface area (Å²) in [6.45, 7) is -4.63. The second-order valence-electron chi connectivity index (χ2n) is 16.7. The minimum atomic E-state index is -3.67. The molecule has 65 heavy (non-hydrogen) atoms. The van der Waals surface area contributed by atoms with E-state index in [1.165, 1.54) is 12.3 Å². The Bertz CT molecular complexity index is 3010. The van der Waals surface area contributed by atoms with E-state index >= 15 is 4.39 Å². The predicted molar refractivity (Wildman–Crippen MR) is 246 cm³/mol. The SMILES string of the molecule is [2H]C1([2H])N(CC2CCN(c3cc(OC(C)C)c(Nc4ncc(Cl)c(Nc5ccccc5S(=O)(=O)C(C)C)n4)cc3C)CC2)C([2H])([2H])C([2H])([2H])N(c2cc3c(cc2F)C(=O)N(C2CCC(=O)NC2=O)C3=O)C1([2H])[2H]. The van der Waals surface area contributed by atoms with Gasteiger partial charge in [0.1, 0.15) is 22.6 Å². The number of fused-ring (bicyclic) bond motifs is 1. The molecule has 344 valence electrons. The van der Waals surface area contributed by atoms with Crippen LogP contribution < -0.4 is 30.5 Å². The Kier molecular flexibility index (Phi) is 10.4. The Balaban J connectivity index is 0.995. The lowest BCUT2D eigenvalue weighted by Gasteiger charge is -2.40. The smallest absolute Gasteiger partial charge is 0.262 e. The van der Waals surface area contributed by atoms with Crippen molar-refractivity contribution in [1.82, 2.24) is 25.1 Å². The first-order valence-corrected chi connectivity index (χ1v) is 23.0. The maximum Gasteiger partial charge on any atom is 0.262 e. The molecule has 3 saturated heterocycles. The molecule has 4 aliphatic heterocycles. The summed E-state index contributed by atoms with van der Waals surface area (Å²) in [4.78, 5) is 63.4. The fraction of sp³-hybridized carbons (Fsp3) is 0.435. The van der Waals surface area contributed by atoms with E-state index < -0.39 is 106 Å². The van der Waals surface area contributed by atoms with Gasteiger partial charge in [0, 0.05) is 69.3 Å². The van der Waals surface area contributed by atoms with Gasteiger partial charge in [-0.15, -0.1) is 0 Å². The molecule has 1 aromatic heterocycles. The van der Waals surface area contributed by atoms with Crippen molar-refractivity contribution in [3.05, 3.63) is 82.3 Å². The van der Waals surface area contributed by atoms with Crippen molar-refractivity contribution in [3.8, 4) is 5.75 Å². The van der Waals surface area contributed by atoms with Gasteiger partial charge in [0.2, 0.25) is 17.8 Å². The summed E-state index contributed by atoms with van der Waals surface area (Å²) < 4.78 is 121. The number of amides is 4. The lowest BCUT2D eigenvalue weighted by Crippen LogP contribution is -2.54. The first-order chi connectivity index (χ1) is 34.0. The summed E-state index contributed by atoms with van der Waals surface area (Å²) in [6.07, 6.45) is 1.36. The highest BCUT2D eigenvalue weighted by molar-refractivity contribution is 7.92. The average Bonchev–Trinajstić information content (AvgIpc) is 3.53. The molecule has 4 amide bonds. The Hall–Kier alpha value is -5.85. The number of sulfone groups is 1. The molecular formula is C46H53ClFN9O7S. The number of halogens is 2. The van der Waals surface area contributed by atoms with Gasteiger partial charge in [-0.25, -0.2) is 17.8 Å². The number of carbonyl (C=O) groups excluding carboxylic acids is 4. The van der Waals surface area contributed by atoms with Crippen LogP contribution in [0.15, 0.2) is 59.6 Å². The van der Waals surface area contributed by atoms with Crippen molar-refractivity contribution >= 4 is 79.6 Å². The Morgan fingerprint density at radius 1 is 0.908 bits per heavy atom. The highest BCUT2D eigenvalue weighted by Gasteiger charge is 2.45. The molecule has 1 atom stereocenters. The van der Waals surface area contributed by atoms with Gasteiger partial charge in [-0.3, -0.25) is 34.3 Å². The van der Waals surface area contributed by atoms with Gasteiger partial charge in [0.15, 0.2) is 15.7 Å². The van der Waals surface area contributed by atoms with Gasteiger partial charge in [-0.1, -0.05) is 23.7 Å². The number of anilines is 6. The zero-order chi connectivity index (χ0) is 53.5. The van der Waals surface area contributed by atoms with E-state index in [1.807, 2.05) is 38.2 Å². The average molecular weight is 939 g/mol. The molecule has 3 aromatic carbocycles. The second kappa shape index (κ2) is 18.6. The van der Waals surface area contributed by atoms with E-state index in [-0.39, 0.29) is 51.2 Å². The number of para-hydroxylation sites is 1. The van der Waals surface area contributed by atoms with Gasteiger partial charge in [-0.05, 0) is 95.7 Å². The number of hydrogen-bond donors (Lipinski definition) is 3. The summed E-state index contributed by atoms with van der Waals surface area (Å²) in [5.41, 5.74) is 0.264. The molecule has 3 fully saturated rings. The van der Waals surface area contributed by atoms with Gasteiger partial charge in [-0.2, -0.15) is 4.98 Å². The predicted octanol–water partition coefficient (Wildman–Crippen LogP) is 6.47. The molecule has 5 heterocycles. The summed E-state index contributed by atoms with van der Waals surface area (Å²) in [5, 5.41) is 7.73. The first-order valence-electron chi connectivity index (χ1n) is 25.1. The maximum absolute atomic E-state index is 16.2. The van der Waals surface area contributed by atoms with Crippen LogP contribution in [0.2, 0.25) is 5.02 Å². The number of benzene rings is 3. The molecule has 16 nitrogen and oxygen atoms in total. The Morgan fingerprint density at radius 3 is 2.28 bits per heavy atom. The van der Waals surface area contributed by atoms with Crippen molar-refractivity contribution in [2.75, 3.05) is 66.1 Å². The van der Waals surface area contributed by atoms with Crippen LogP contribution in [0, 0.1) is 18.7 Å². The lowest BCUT2D eigenvalue weighted by atomic mass is 9.95. The van der Waals surface area contributed by atoms with Gasteiger partial charge >= 0.3 is 0 Å². The van der Waals surface area contributed by atoms with E-state index in [0.717, 1.165) is 11.3 Å². The number of hydrogen-bond acceptors (Lipinski definition) is 14. The number of imide groups is 2. The van der Waals surface area contributed by atoms with Crippen molar-refractivity contribution < 1.29 is 47.7 Å². The zero-order valence-corrected chi connectivity index (χ0v) is 37.7. The van der Waals surface area contributed by atoms with Crippen LogP contribution in [-0.4, -0.2) is 115 Å². The largest absolute Gasteiger partial charge is 0.489 e. The third-order valence-electron chi connectivity index (χ3n) is 11.5. The van der Waals surface area contributed by atoms with Crippen LogP contribution in [0.25, 0.3) is 0 Å². The number of piperazine rings is 1. The van der Waals surface area contributed by atoms with Crippen LogP contribution in [0.5, 0.6) is 5.75 Å². The Morgan fingerprint density at radius 2 is 1.60 bits per heavy atom. The summed E-state index contributed by atoms with van der Waals surface area (Å²) in [6, 6.07) is 9.89. The maximum atomic E-state index is 16.2. The first kappa shape index (κ1) is 36.4. The summed E-state index contributed by atoms with van der Waals surface area (Å²) in [5.74, 6) is -4.99. The minimum Gasteiger partial charge on any atom is -0.489 e. The third kappa shape index (κ3) is 9.47. The molecule has 0 radical (unpaired) electrons. The zero-order valence-electron chi connectivity index (χ0n) is 44.2. The monoisotopic (exact) mass is 937 g/mol. The van der Waals surface area contributed by atoms with E-state index in [9.17, 15) is 27.6 Å². The molecule has 0 aliphatic carbocycles. The quantitative estimate of drug-likeness (QED) is 0.124. The van der Waals surface area contributed by atoms with Crippen molar-refractivity contribution in [2.24, 2.45) is 5.92 Å². The van der Waals surface area contributed by atoms with E-state index in [2.05, 4.69) is 25.5 Å². The molecular weight excluding hydrogens is 877 g/mol. The van der Waals surface area contributed by atoms with Crippen LogP contribution in [-0.2, 0) is 19.4 Å². The molecule has 0 bridgehead atoms. The number of nitrogens with one attached hydrogen (secondary N) is 3. The molecule has 4 aliphatic rings. The number of aryl methyl sites for hydroxylation is 1. The normalized spacial score (nSPS) is 23.6. The molecule has 19 heteroatoms. The Labute approximate surface area is 394 Å². The minimum absolute atomic E-state index is 0.00327. The van der Waals surface area contributed by atoms with Gasteiger partial charge in [0.25, 0.3) is 11.8 Å². The van der Waals surface area contributed by atoms with Crippen LogP contribution in [0.4, 0.5) is 38.9 Å².